The lowest BCUT2D eigenvalue weighted by Gasteiger charge is -2.37. The molecule has 1 fully saturated rings. The monoisotopic (exact) mass is 242 g/mol. The molecule has 1 saturated heterocycles. The second-order valence-corrected chi connectivity index (χ2v) is 4.84. The number of piperazine rings is 1. The third-order valence-corrected chi connectivity index (χ3v) is 3.39. The van der Waals surface area contributed by atoms with Gasteiger partial charge in [-0.15, -0.1) is 0 Å². The van der Waals surface area contributed by atoms with E-state index in [9.17, 15) is 4.79 Å². The summed E-state index contributed by atoms with van der Waals surface area (Å²) >= 11 is 0. The number of amidine groups is 1. The first-order valence-electron chi connectivity index (χ1n) is 5.93. The number of nitrogens with two attached hydrogens (primary N) is 1. The van der Waals surface area contributed by atoms with E-state index in [-0.39, 0.29) is 11.7 Å². The molecule has 98 valence electrons. The van der Waals surface area contributed by atoms with Crippen LogP contribution in [0.25, 0.3) is 0 Å². The molecule has 1 aliphatic heterocycles. The van der Waals surface area contributed by atoms with Gasteiger partial charge in [0.25, 0.3) is 0 Å². The van der Waals surface area contributed by atoms with Gasteiger partial charge in [0.1, 0.15) is 5.41 Å². The summed E-state index contributed by atoms with van der Waals surface area (Å²) in [6, 6.07) is 0. The number of carbonyl (C=O) groups is 1. The highest BCUT2D eigenvalue weighted by Crippen LogP contribution is 2.20. The fraction of sp³-hybridized carbons (Fsp3) is 0.818. The highest BCUT2D eigenvalue weighted by atomic mass is 16.4. The number of rotatable bonds is 3. The van der Waals surface area contributed by atoms with Gasteiger partial charge in [-0.05, 0) is 20.4 Å². The van der Waals surface area contributed by atoms with Crippen molar-refractivity contribution in [1.82, 2.24) is 9.80 Å². The molecule has 0 aliphatic carbocycles. The Hall–Kier alpha value is -1.30. The van der Waals surface area contributed by atoms with Crippen molar-refractivity contribution < 1.29 is 10.0 Å². The third-order valence-electron chi connectivity index (χ3n) is 3.39. The average Bonchev–Trinajstić information content (AvgIpc) is 2.36. The van der Waals surface area contributed by atoms with E-state index in [2.05, 4.69) is 17.0 Å². The lowest BCUT2D eigenvalue weighted by atomic mass is 9.90. The van der Waals surface area contributed by atoms with Crippen molar-refractivity contribution in [1.29, 1.82) is 0 Å². The lowest BCUT2D eigenvalue weighted by molar-refractivity contribution is -0.138. The Morgan fingerprint density at radius 2 is 1.88 bits per heavy atom. The molecule has 0 unspecified atom stereocenters. The molecular formula is C11H22N4O2. The van der Waals surface area contributed by atoms with Gasteiger partial charge in [-0.2, -0.15) is 0 Å². The zero-order valence-electron chi connectivity index (χ0n) is 10.8. The van der Waals surface area contributed by atoms with Crippen molar-refractivity contribution in [3.05, 3.63) is 0 Å². The number of amides is 1. The van der Waals surface area contributed by atoms with Crippen molar-refractivity contribution in [3.63, 3.8) is 0 Å². The summed E-state index contributed by atoms with van der Waals surface area (Å²) in [5.41, 5.74) is 4.61. The number of oxime groups is 1. The Kier molecular flexibility index (Phi) is 4.34. The maximum Gasteiger partial charge on any atom is 0.236 e. The summed E-state index contributed by atoms with van der Waals surface area (Å²) in [6.45, 7) is 9.64. The minimum atomic E-state index is -0.941. The van der Waals surface area contributed by atoms with Crippen LogP contribution in [-0.4, -0.2) is 59.5 Å². The fourth-order valence-electron chi connectivity index (χ4n) is 1.90. The summed E-state index contributed by atoms with van der Waals surface area (Å²) in [6.07, 6.45) is 0. The first-order chi connectivity index (χ1) is 7.93. The van der Waals surface area contributed by atoms with Crippen LogP contribution in [0, 0.1) is 5.41 Å². The van der Waals surface area contributed by atoms with E-state index in [0.717, 1.165) is 19.6 Å². The lowest BCUT2D eigenvalue weighted by Crippen LogP contribution is -2.54. The van der Waals surface area contributed by atoms with Crippen molar-refractivity contribution in [2.45, 2.75) is 20.8 Å². The van der Waals surface area contributed by atoms with Crippen LogP contribution in [0.15, 0.2) is 5.16 Å². The standard InChI is InChI=1S/C11H22N4O2/c1-4-14-5-7-15(8-6-14)10(16)11(2,3)9(12)13-17/h17H,4-8H2,1-3H3,(H2,12,13). The highest BCUT2D eigenvalue weighted by Gasteiger charge is 2.37. The fourth-order valence-corrected chi connectivity index (χ4v) is 1.90. The first kappa shape index (κ1) is 13.8. The van der Waals surface area contributed by atoms with E-state index in [0.29, 0.717) is 13.1 Å². The predicted octanol–water partition coefficient (Wildman–Crippen LogP) is -0.0769. The SMILES string of the molecule is CCN1CCN(C(=O)C(C)(C)C(N)=NO)CC1. The van der Waals surface area contributed by atoms with Gasteiger partial charge < -0.3 is 20.7 Å². The van der Waals surface area contributed by atoms with Crippen LogP contribution in [0.2, 0.25) is 0 Å². The van der Waals surface area contributed by atoms with E-state index in [1.165, 1.54) is 0 Å². The molecule has 1 rings (SSSR count). The van der Waals surface area contributed by atoms with E-state index in [1.54, 1.807) is 18.7 Å². The molecule has 17 heavy (non-hydrogen) atoms. The molecule has 0 saturated carbocycles. The Bertz CT molecular complexity index is 307. The topological polar surface area (TPSA) is 82.2 Å². The Morgan fingerprint density at radius 3 is 2.29 bits per heavy atom. The zero-order valence-corrected chi connectivity index (χ0v) is 10.8. The minimum Gasteiger partial charge on any atom is -0.409 e. The number of hydrogen-bond acceptors (Lipinski definition) is 4. The normalized spacial score (nSPS) is 19.5. The first-order valence-corrected chi connectivity index (χ1v) is 5.93. The minimum absolute atomic E-state index is 0.0413. The van der Waals surface area contributed by atoms with Gasteiger partial charge >= 0.3 is 0 Å². The second-order valence-electron chi connectivity index (χ2n) is 4.84. The van der Waals surface area contributed by atoms with Crippen molar-refractivity contribution in [2.24, 2.45) is 16.3 Å². The van der Waals surface area contributed by atoms with Crippen molar-refractivity contribution in [3.8, 4) is 0 Å². The van der Waals surface area contributed by atoms with E-state index in [1.807, 2.05) is 0 Å². The molecule has 6 nitrogen and oxygen atoms in total. The highest BCUT2D eigenvalue weighted by molar-refractivity contribution is 6.05. The molecule has 6 heteroatoms. The van der Waals surface area contributed by atoms with Gasteiger partial charge in [0.05, 0.1) is 0 Å². The maximum atomic E-state index is 12.3. The van der Waals surface area contributed by atoms with Crippen LogP contribution in [-0.2, 0) is 4.79 Å². The quantitative estimate of drug-likeness (QED) is 0.314. The van der Waals surface area contributed by atoms with Crippen molar-refractivity contribution >= 4 is 11.7 Å². The Balaban J connectivity index is 2.66. The maximum absolute atomic E-state index is 12.3. The molecule has 0 spiro atoms. The van der Waals surface area contributed by atoms with Crippen LogP contribution < -0.4 is 5.73 Å². The number of hydrogen-bond donors (Lipinski definition) is 2. The summed E-state index contributed by atoms with van der Waals surface area (Å²) in [5, 5.41) is 11.6. The molecule has 3 N–H and O–H groups in total. The number of nitrogens with zero attached hydrogens (tertiary/aromatic N) is 3. The average molecular weight is 242 g/mol. The summed E-state index contributed by atoms with van der Waals surface area (Å²) in [4.78, 5) is 16.3. The second kappa shape index (κ2) is 5.35. The van der Waals surface area contributed by atoms with Gasteiger partial charge in [0.15, 0.2) is 5.84 Å². The summed E-state index contributed by atoms with van der Waals surface area (Å²) < 4.78 is 0. The van der Waals surface area contributed by atoms with Crippen LogP contribution >= 0.6 is 0 Å². The molecule has 0 aromatic rings. The smallest absolute Gasteiger partial charge is 0.236 e. The van der Waals surface area contributed by atoms with Crippen LogP contribution in [0.4, 0.5) is 0 Å². The van der Waals surface area contributed by atoms with Crippen molar-refractivity contribution in [2.75, 3.05) is 32.7 Å². The van der Waals surface area contributed by atoms with Crippen LogP contribution in [0.5, 0.6) is 0 Å². The molecule has 0 radical (unpaired) electrons. The van der Waals surface area contributed by atoms with Crippen LogP contribution in [0.1, 0.15) is 20.8 Å². The third kappa shape index (κ3) is 2.88. The van der Waals surface area contributed by atoms with E-state index >= 15 is 0 Å². The van der Waals surface area contributed by atoms with Gasteiger partial charge in [0.2, 0.25) is 5.91 Å². The predicted molar refractivity (Wildman–Crippen MR) is 65.9 cm³/mol. The largest absolute Gasteiger partial charge is 0.409 e. The van der Waals surface area contributed by atoms with E-state index in [4.69, 9.17) is 10.9 Å². The van der Waals surface area contributed by atoms with E-state index < -0.39 is 5.41 Å². The molecule has 0 bridgehead atoms. The molecule has 1 heterocycles. The van der Waals surface area contributed by atoms with Gasteiger partial charge in [-0.1, -0.05) is 12.1 Å². The Morgan fingerprint density at radius 1 is 1.35 bits per heavy atom. The van der Waals surface area contributed by atoms with Gasteiger partial charge in [-0.25, -0.2) is 0 Å². The molecule has 1 amide bonds. The summed E-state index contributed by atoms with van der Waals surface area (Å²) in [5.74, 6) is -0.121. The molecular weight excluding hydrogens is 220 g/mol. The molecule has 1 aliphatic rings. The van der Waals surface area contributed by atoms with Gasteiger partial charge in [-0.3, -0.25) is 4.79 Å². The molecule has 0 atom stereocenters. The number of carbonyl (C=O) groups excluding carboxylic acids is 1. The molecule has 0 aromatic heterocycles. The van der Waals surface area contributed by atoms with Gasteiger partial charge in [0, 0.05) is 26.2 Å². The number of likely N-dealkylation sites (N-methyl/N-ethyl adjacent to an activating group) is 1. The molecule has 0 aromatic carbocycles. The Labute approximate surface area is 102 Å². The summed E-state index contributed by atoms with van der Waals surface area (Å²) in [7, 11) is 0. The zero-order chi connectivity index (χ0) is 13.1. The van der Waals surface area contributed by atoms with Crippen LogP contribution in [0.3, 0.4) is 0 Å².